The highest BCUT2D eigenvalue weighted by molar-refractivity contribution is 5.86. The van der Waals surface area contributed by atoms with Crippen LogP contribution in [0.5, 0.6) is 0 Å². The fourth-order valence-electron chi connectivity index (χ4n) is 5.24. The Labute approximate surface area is 179 Å². The molecule has 1 heterocycles. The van der Waals surface area contributed by atoms with Crippen molar-refractivity contribution in [2.75, 3.05) is 13.2 Å². The molecule has 1 saturated carbocycles. The van der Waals surface area contributed by atoms with E-state index in [4.69, 9.17) is 4.74 Å². The van der Waals surface area contributed by atoms with E-state index in [0.717, 1.165) is 5.56 Å². The van der Waals surface area contributed by atoms with Crippen LogP contribution in [0.4, 0.5) is 0 Å². The van der Waals surface area contributed by atoms with E-state index < -0.39 is 5.60 Å². The predicted molar refractivity (Wildman–Crippen MR) is 122 cm³/mol. The van der Waals surface area contributed by atoms with Crippen molar-refractivity contribution in [1.82, 2.24) is 5.32 Å². The van der Waals surface area contributed by atoms with Gasteiger partial charge in [0.05, 0.1) is 13.2 Å². The van der Waals surface area contributed by atoms with Gasteiger partial charge in [0.25, 0.3) is 0 Å². The van der Waals surface area contributed by atoms with Gasteiger partial charge in [0, 0.05) is 12.1 Å². The fraction of sp³-hybridized carbons (Fsp3) is 0.407. The van der Waals surface area contributed by atoms with Gasteiger partial charge < -0.3 is 15.2 Å². The Hall–Kier alpha value is -2.20. The zero-order valence-corrected chi connectivity index (χ0v) is 17.7. The van der Waals surface area contributed by atoms with Crippen molar-refractivity contribution in [1.29, 1.82) is 0 Å². The number of benzene rings is 3. The number of fused-ring (bicyclic) bond motifs is 1. The summed E-state index contributed by atoms with van der Waals surface area (Å²) in [4.78, 5) is 0. The van der Waals surface area contributed by atoms with E-state index in [-0.39, 0.29) is 0 Å². The lowest BCUT2D eigenvalue weighted by Gasteiger charge is -2.37. The van der Waals surface area contributed by atoms with Gasteiger partial charge in [-0.15, -0.1) is 0 Å². The van der Waals surface area contributed by atoms with E-state index >= 15 is 0 Å². The van der Waals surface area contributed by atoms with E-state index in [9.17, 15) is 5.11 Å². The van der Waals surface area contributed by atoms with Gasteiger partial charge in [-0.05, 0) is 59.6 Å². The van der Waals surface area contributed by atoms with Gasteiger partial charge in [-0.3, -0.25) is 0 Å². The van der Waals surface area contributed by atoms with Crippen molar-refractivity contribution in [2.24, 2.45) is 0 Å². The minimum Gasteiger partial charge on any atom is -0.380 e. The molecule has 0 radical (unpaired) electrons. The summed E-state index contributed by atoms with van der Waals surface area (Å²) in [6, 6.07) is 24.8. The molecule has 2 aliphatic rings. The highest BCUT2D eigenvalue weighted by atomic mass is 16.5. The Morgan fingerprint density at radius 2 is 1.73 bits per heavy atom. The van der Waals surface area contributed by atoms with E-state index in [1.54, 1.807) is 0 Å². The lowest BCUT2D eigenvalue weighted by Crippen LogP contribution is -2.46. The Kier molecular flexibility index (Phi) is 5.36. The quantitative estimate of drug-likeness (QED) is 0.599. The van der Waals surface area contributed by atoms with E-state index in [1.165, 1.54) is 47.6 Å². The van der Waals surface area contributed by atoms with Crippen LogP contribution >= 0.6 is 0 Å². The van der Waals surface area contributed by atoms with E-state index in [1.807, 2.05) is 0 Å². The number of ether oxygens (including phenoxy) is 1. The van der Waals surface area contributed by atoms with Gasteiger partial charge in [-0.2, -0.15) is 0 Å². The van der Waals surface area contributed by atoms with Crippen LogP contribution < -0.4 is 5.32 Å². The van der Waals surface area contributed by atoms with Crippen LogP contribution in [-0.2, 0) is 10.3 Å². The molecule has 3 aromatic rings. The number of hydrogen-bond acceptors (Lipinski definition) is 3. The van der Waals surface area contributed by atoms with Crippen molar-refractivity contribution in [2.45, 2.75) is 56.2 Å². The topological polar surface area (TPSA) is 41.5 Å². The molecular formula is C27H31NO2. The molecule has 3 nitrogen and oxygen atoms in total. The summed E-state index contributed by atoms with van der Waals surface area (Å²) in [5.41, 5.74) is 2.98. The van der Waals surface area contributed by atoms with E-state index in [0.29, 0.717) is 31.2 Å². The zero-order valence-electron chi connectivity index (χ0n) is 17.7. The molecule has 2 fully saturated rings. The van der Waals surface area contributed by atoms with Crippen LogP contribution in [0.3, 0.4) is 0 Å². The maximum absolute atomic E-state index is 10.5. The average Bonchev–Trinajstić information content (AvgIpc) is 2.77. The average molecular weight is 402 g/mol. The van der Waals surface area contributed by atoms with Crippen LogP contribution in [-0.4, -0.2) is 24.4 Å². The summed E-state index contributed by atoms with van der Waals surface area (Å²) in [5.74, 6) is 0.581. The van der Waals surface area contributed by atoms with Gasteiger partial charge in [0.1, 0.15) is 5.60 Å². The first-order chi connectivity index (χ1) is 14.6. The maximum atomic E-state index is 10.5. The fourth-order valence-corrected chi connectivity index (χ4v) is 5.24. The normalized spacial score (nSPS) is 24.3. The molecule has 0 aromatic heterocycles. The monoisotopic (exact) mass is 401 g/mol. The van der Waals surface area contributed by atoms with Crippen molar-refractivity contribution in [3.05, 3.63) is 83.4 Å². The second-order valence-electron chi connectivity index (χ2n) is 9.16. The molecule has 0 amide bonds. The Bertz CT molecular complexity index is 1000. The molecule has 3 aromatic carbocycles. The van der Waals surface area contributed by atoms with Crippen molar-refractivity contribution >= 4 is 10.8 Å². The molecule has 1 saturated heterocycles. The standard InChI is InChI=1S/C27H31NO2/c1-19(25-11-5-7-21-6-2-3-10-26(21)25)28-24-9-4-8-22(16-24)20-12-14-23(15-13-20)27(29)17-30-18-27/h2-3,5-7,10-15,19,22,24,28-29H,4,8-9,16-18H2,1H3. The number of hydrogen-bond donors (Lipinski definition) is 2. The molecule has 2 N–H and O–H groups in total. The summed E-state index contributed by atoms with van der Waals surface area (Å²) in [7, 11) is 0. The van der Waals surface area contributed by atoms with Crippen LogP contribution in [0.15, 0.2) is 66.7 Å². The first-order valence-electron chi connectivity index (χ1n) is 11.3. The number of rotatable bonds is 5. The van der Waals surface area contributed by atoms with Crippen LogP contribution in [0.2, 0.25) is 0 Å². The van der Waals surface area contributed by atoms with Crippen molar-refractivity contribution in [3.8, 4) is 0 Å². The highest BCUT2D eigenvalue weighted by Crippen LogP contribution is 2.36. The minimum absolute atomic E-state index is 0.329. The summed E-state index contributed by atoms with van der Waals surface area (Å²) >= 11 is 0. The van der Waals surface area contributed by atoms with Gasteiger partial charge in [0.15, 0.2) is 0 Å². The Morgan fingerprint density at radius 1 is 0.967 bits per heavy atom. The predicted octanol–water partition coefficient (Wildman–Crippen LogP) is 5.43. The molecule has 3 unspecified atom stereocenters. The molecule has 1 aliphatic heterocycles. The summed E-state index contributed by atoms with van der Waals surface area (Å²) in [6.07, 6.45) is 4.90. The Morgan fingerprint density at radius 3 is 2.50 bits per heavy atom. The molecule has 30 heavy (non-hydrogen) atoms. The maximum Gasteiger partial charge on any atom is 0.136 e. The molecule has 1 aliphatic carbocycles. The number of nitrogens with one attached hydrogen (secondary N) is 1. The van der Waals surface area contributed by atoms with Crippen LogP contribution in [0, 0.1) is 0 Å². The highest BCUT2D eigenvalue weighted by Gasteiger charge is 2.38. The molecule has 3 atom stereocenters. The SMILES string of the molecule is CC(NC1CCCC(c2ccc(C3(O)COC3)cc2)C1)c1cccc2ccccc12. The molecule has 0 bridgehead atoms. The second-order valence-corrected chi connectivity index (χ2v) is 9.16. The second kappa shape index (κ2) is 8.14. The lowest BCUT2D eigenvalue weighted by atomic mass is 9.80. The smallest absolute Gasteiger partial charge is 0.136 e. The first kappa shape index (κ1) is 19.7. The summed E-state index contributed by atoms with van der Waals surface area (Å²) in [6.45, 7) is 3.11. The molecule has 3 heteroatoms. The lowest BCUT2D eigenvalue weighted by molar-refractivity contribution is -0.184. The third-order valence-corrected chi connectivity index (χ3v) is 7.05. The van der Waals surface area contributed by atoms with E-state index in [2.05, 4.69) is 79.0 Å². The molecule has 156 valence electrons. The van der Waals surface area contributed by atoms with Gasteiger partial charge in [-0.1, -0.05) is 73.2 Å². The van der Waals surface area contributed by atoms with Gasteiger partial charge in [0.2, 0.25) is 0 Å². The Balaban J connectivity index is 1.27. The largest absolute Gasteiger partial charge is 0.380 e. The minimum atomic E-state index is -0.775. The van der Waals surface area contributed by atoms with Crippen molar-refractivity contribution in [3.63, 3.8) is 0 Å². The third kappa shape index (κ3) is 3.78. The zero-order chi connectivity index (χ0) is 20.6. The van der Waals surface area contributed by atoms with Gasteiger partial charge in [-0.25, -0.2) is 0 Å². The molecular weight excluding hydrogens is 370 g/mol. The van der Waals surface area contributed by atoms with Crippen LogP contribution in [0.25, 0.3) is 10.8 Å². The molecule has 0 spiro atoms. The molecule has 5 rings (SSSR count). The van der Waals surface area contributed by atoms with Gasteiger partial charge >= 0.3 is 0 Å². The van der Waals surface area contributed by atoms with Crippen LogP contribution in [0.1, 0.15) is 61.3 Å². The third-order valence-electron chi connectivity index (χ3n) is 7.05. The van der Waals surface area contributed by atoms with Crippen molar-refractivity contribution < 1.29 is 9.84 Å². The number of aliphatic hydroxyl groups is 1. The first-order valence-corrected chi connectivity index (χ1v) is 11.3. The summed E-state index contributed by atoms with van der Waals surface area (Å²) in [5, 5.41) is 17.1. The summed E-state index contributed by atoms with van der Waals surface area (Å²) < 4.78 is 5.19.